The summed E-state index contributed by atoms with van der Waals surface area (Å²) in [7, 11) is -1.26. The number of hydrogen-bond acceptors (Lipinski definition) is 5. The average molecular weight is 532 g/mol. The third kappa shape index (κ3) is 4.77. The van der Waals surface area contributed by atoms with Crippen LogP contribution in [0.2, 0.25) is 0 Å². The number of nitrogens with one attached hydrogen (secondary N) is 1. The van der Waals surface area contributed by atoms with Crippen molar-refractivity contribution < 1.29 is 17.5 Å². The number of pyridine rings is 1. The van der Waals surface area contributed by atoms with Gasteiger partial charge in [-0.05, 0) is 37.6 Å². The number of aryl methyl sites for hydroxylation is 2. The number of methoxy groups -OCH3 is 1. The Labute approximate surface area is 213 Å². The largest absolute Gasteiger partial charge is 0.492 e. The number of benzene rings is 1. The Bertz CT molecular complexity index is 1600. The Hall–Kier alpha value is -3.18. The van der Waals surface area contributed by atoms with Crippen molar-refractivity contribution in [1.82, 2.24) is 19.2 Å². The first-order chi connectivity index (χ1) is 16.9. The molecular weight excluding hydrogens is 501 g/mol. The van der Waals surface area contributed by atoms with E-state index in [1.54, 1.807) is 19.3 Å². The van der Waals surface area contributed by atoms with E-state index in [1.807, 2.05) is 16.7 Å². The summed E-state index contributed by atoms with van der Waals surface area (Å²) in [4.78, 5) is 5.65. The molecule has 0 saturated carbocycles. The molecule has 1 aromatic carbocycles. The van der Waals surface area contributed by atoms with E-state index in [0.29, 0.717) is 16.9 Å². The highest BCUT2D eigenvalue weighted by molar-refractivity contribution is 8.16. The van der Waals surface area contributed by atoms with Gasteiger partial charge in [0.2, 0.25) is 0 Å². The molecule has 1 unspecified atom stereocenters. The summed E-state index contributed by atoms with van der Waals surface area (Å²) in [6.45, 7) is 10.7. The zero-order valence-corrected chi connectivity index (χ0v) is 23.0. The fourth-order valence-electron chi connectivity index (χ4n) is 4.12. The molecule has 8 nitrogen and oxygen atoms in total. The maximum atomic E-state index is 15.2. The summed E-state index contributed by atoms with van der Waals surface area (Å²) in [6, 6.07) is 4.88. The molecule has 192 valence electrons. The lowest BCUT2D eigenvalue weighted by atomic mass is 10.1. The van der Waals surface area contributed by atoms with E-state index in [2.05, 4.69) is 54.8 Å². The SMILES string of the molecule is C/C=S(/c1cn2c(-c3cc(F)c(OC)c(NS(=O)(=O)c4cnn(C)c4)c3)cnc2cc1C)C(C)(C)C. The van der Waals surface area contributed by atoms with Gasteiger partial charge in [0.15, 0.2) is 11.6 Å². The molecule has 0 saturated heterocycles. The van der Waals surface area contributed by atoms with Crippen LogP contribution in [0.3, 0.4) is 0 Å². The number of rotatable bonds is 6. The highest BCUT2D eigenvalue weighted by Crippen LogP contribution is 2.42. The van der Waals surface area contributed by atoms with Crippen LogP contribution in [0.4, 0.5) is 10.1 Å². The number of imidazole rings is 1. The molecule has 0 amide bonds. The quantitative estimate of drug-likeness (QED) is 0.344. The second kappa shape index (κ2) is 9.36. The summed E-state index contributed by atoms with van der Waals surface area (Å²) in [5, 5.41) is 6.12. The number of nitrogens with zero attached hydrogens (tertiary/aromatic N) is 4. The van der Waals surface area contributed by atoms with Gasteiger partial charge in [-0.2, -0.15) is 15.6 Å². The molecule has 0 fully saturated rings. The van der Waals surface area contributed by atoms with Crippen LogP contribution < -0.4 is 9.46 Å². The van der Waals surface area contributed by atoms with E-state index < -0.39 is 15.8 Å². The first-order valence-corrected chi connectivity index (χ1v) is 14.0. The minimum atomic E-state index is -4.02. The van der Waals surface area contributed by atoms with Gasteiger partial charge >= 0.3 is 0 Å². The predicted octanol–water partition coefficient (Wildman–Crippen LogP) is 5.24. The molecule has 4 aromatic rings. The standard InChI is InChI=1S/C25H30FN5O3S2/c1-8-35(25(3,4)5)22-15-31-21(13-27-23(31)9-16(22)2)17-10-19(26)24(34-7)20(11-17)29-36(32,33)18-12-28-30(6)14-18/h8-15,29H,1-7H3. The van der Waals surface area contributed by atoms with Gasteiger partial charge in [-0.25, -0.2) is 17.8 Å². The molecule has 0 aliphatic heterocycles. The van der Waals surface area contributed by atoms with Gasteiger partial charge in [0, 0.05) is 34.6 Å². The first kappa shape index (κ1) is 25.9. The lowest BCUT2D eigenvalue weighted by Gasteiger charge is -2.26. The van der Waals surface area contributed by atoms with Gasteiger partial charge in [0.25, 0.3) is 10.0 Å². The van der Waals surface area contributed by atoms with Crippen LogP contribution in [0.15, 0.2) is 52.8 Å². The zero-order chi connectivity index (χ0) is 26.4. The molecule has 11 heteroatoms. The highest BCUT2D eigenvalue weighted by atomic mass is 32.2. The predicted molar refractivity (Wildman–Crippen MR) is 143 cm³/mol. The van der Waals surface area contributed by atoms with E-state index in [9.17, 15) is 8.42 Å². The Morgan fingerprint density at radius 3 is 2.47 bits per heavy atom. The zero-order valence-electron chi connectivity index (χ0n) is 21.3. The molecular formula is C25H30FN5O3S2. The van der Waals surface area contributed by atoms with Crippen molar-refractivity contribution in [2.75, 3.05) is 11.8 Å². The maximum absolute atomic E-state index is 15.2. The Kier molecular flexibility index (Phi) is 6.74. The van der Waals surface area contributed by atoms with E-state index >= 15 is 4.39 Å². The van der Waals surface area contributed by atoms with Crippen LogP contribution in [0.5, 0.6) is 5.75 Å². The lowest BCUT2D eigenvalue weighted by Crippen LogP contribution is -2.14. The fraction of sp³-hybridized carbons (Fsp3) is 0.320. The molecule has 0 bridgehead atoms. The Morgan fingerprint density at radius 1 is 1.17 bits per heavy atom. The number of sulfonamides is 1. The van der Waals surface area contributed by atoms with Crippen molar-refractivity contribution >= 4 is 37.2 Å². The van der Waals surface area contributed by atoms with Gasteiger partial charge in [-0.1, -0.05) is 26.1 Å². The van der Waals surface area contributed by atoms with Gasteiger partial charge in [-0.3, -0.25) is 13.8 Å². The molecule has 0 radical (unpaired) electrons. The van der Waals surface area contributed by atoms with Crippen molar-refractivity contribution in [1.29, 1.82) is 0 Å². The summed E-state index contributed by atoms with van der Waals surface area (Å²) >= 11 is 0. The molecule has 0 spiro atoms. The Morgan fingerprint density at radius 2 is 1.89 bits per heavy atom. The van der Waals surface area contributed by atoms with Crippen LogP contribution in [0.1, 0.15) is 33.3 Å². The number of hydrogen-bond donors (Lipinski definition) is 1. The second-order valence-electron chi connectivity index (χ2n) is 9.37. The van der Waals surface area contributed by atoms with Crippen molar-refractivity contribution in [3.8, 4) is 17.0 Å². The van der Waals surface area contributed by atoms with E-state index in [1.165, 1.54) is 35.1 Å². The molecule has 0 aliphatic carbocycles. The minimum absolute atomic E-state index is 0.0185. The summed E-state index contributed by atoms with van der Waals surface area (Å²) in [5.74, 6) is -0.899. The third-order valence-electron chi connectivity index (χ3n) is 5.72. The van der Waals surface area contributed by atoms with Crippen LogP contribution in [0, 0.1) is 12.7 Å². The van der Waals surface area contributed by atoms with Crippen LogP contribution >= 0.6 is 10.5 Å². The van der Waals surface area contributed by atoms with Gasteiger partial charge in [0.05, 0.1) is 30.9 Å². The van der Waals surface area contributed by atoms with Gasteiger partial charge < -0.3 is 4.74 Å². The molecule has 4 rings (SSSR count). The van der Waals surface area contributed by atoms with Crippen molar-refractivity contribution in [2.45, 2.75) is 49.2 Å². The normalized spacial score (nSPS) is 13.3. The first-order valence-electron chi connectivity index (χ1n) is 11.3. The summed E-state index contributed by atoms with van der Waals surface area (Å²) in [6.07, 6.45) is 6.29. The number of ether oxygens (including phenoxy) is 1. The van der Waals surface area contributed by atoms with E-state index in [0.717, 1.165) is 5.56 Å². The van der Waals surface area contributed by atoms with Crippen molar-refractivity contribution in [2.24, 2.45) is 7.05 Å². The summed E-state index contributed by atoms with van der Waals surface area (Å²) < 4.78 is 52.0. The number of fused-ring (bicyclic) bond motifs is 1. The molecule has 3 heterocycles. The smallest absolute Gasteiger partial charge is 0.265 e. The second-order valence-corrected chi connectivity index (χ2v) is 13.9. The van der Waals surface area contributed by atoms with Crippen LogP contribution in [-0.4, -0.2) is 44.8 Å². The van der Waals surface area contributed by atoms with E-state index in [4.69, 9.17) is 4.74 Å². The number of aromatic nitrogens is 4. The van der Waals surface area contributed by atoms with Crippen molar-refractivity contribution in [3.05, 3.63) is 54.4 Å². The molecule has 1 atom stereocenters. The number of halogens is 1. The lowest BCUT2D eigenvalue weighted by molar-refractivity contribution is 0.389. The molecule has 1 N–H and O–H groups in total. The van der Waals surface area contributed by atoms with Crippen molar-refractivity contribution in [3.63, 3.8) is 0 Å². The third-order valence-corrected chi connectivity index (χ3v) is 9.73. The average Bonchev–Trinajstić information content (AvgIpc) is 3.39. The van der Waals surface area contributed by atoms with Gasteiger partial charge in [-0.15, -0.1) is 0 Å². The Balaban J connectivity index is 1.87. The fourth-order valence-corrected chi connectivity index (χ4v) is 7.40. The maximum Gasteiger partial charge on any atom is 0.265 e. The molecule has 36 heavy (non-hydrogen) atoms. The van der Waals surface area contributed by atoms with Crippen LogP contribution in [-0.2, 0) is 17.1 Å². The highest BCUT2D eigenvalue weighted by Gasteiger charge is 2.23. The number of anilines is 1. The van der Waals surface area contributed by atoms with E-state index in [-0.39, 0.29) is 31.6 Å². The monoisotopic (exact) mass is 531 g/mol. The molecule has 0 aliphatic rings. The van der Waals surface area contributed by atoms with Crippen LogP contribution in [0.25, 0.3) is 16.9 Å². The minimum Gasteiger partial charge on any atom is -0.492 e. The van der Waals surface area contributed by atoms with Gasteiger partial charge in [0.1, 0.15) is 10.5 Å². The topological polar surface area (TPSA) is 90.5 Å². The molecule has 3 aromatic heterocycles. The summed E-state index contributed by atoms with van der Waals surface area (Å²) in [5.41, 5.74) is 2.91.